The van der Waals surface area contributed by atoms with E-state index in [9.17, 15) is 0 Å². The molecule has 0 bridgehead atoms. The number of ether oxygens (including phenoxy) is 3. The van der Waals surface area contributed by atoms with Gasteiger partial charge in [-0.05, 0) is 77.4 Å². The predicted molar refractivity (Wildman–Crippen MR) is 179 cm³/mol. The van der Waals surface area contributed by atoms with Gasteiger partial charge in [-0.1, -0.05) is 91.0 Å². The molecule has 45 heavy (non-hydrogen) atoms. The molecular weight excluding hydrogens is 556 g/mol. The summed E-state index contributed by atoms with van der Waals surface area (Å²) in [4.78, 5) is 4.97. The number of imidazole rings is 1. The lowest BCUT2D eigenvalue weighted by molar-refractivity contribution is 0.281. The van der Waals surface area contributed by atoms with Crippen LogP contribution in [0.15, 0.2) is 158 Å². The van der Waals surface area contributed by atoms with Crippen LogP contribution in [0.5, 0.6) is 17.2 Å². The van der Waals surface area contributed by atoms with Crippen molar-refractivity contribution in [1.82, 2.24) is 9.55 Å². The van der Waals surface area contributed by atoms with Crippen LogP contribution in [-0.2, 0) is 19.8 Å². The molecule has 0 saturated heterocycles. The molecule has 7 rings (SSSR count). The van der Waals surface area contributed by atoms with Crippen LogP contribution in [-0.4, -0.2) is 9.55 Å². The normalized spacial score (nSPS) is 10.9. The Morgan fingerprint density at radius 2 is 0.956 bits per heavy atom. The minimum atomic E-state index is 0.367. The van der Waals surface area contributed by atoms with Crippen molar-refractivity contribution in [3.05, 3.63) is 174 Å². The predicted octanol–water partition coefficient (Wildman–Crippen LogP) is 9.43. The van der Waals surface area contributed by atoms with Gasteiger partial charge in [-0.2, -0.15) is 0 Å². The number of hydrogen-bond acceptors (Lipinski definition) is 4. The van der Waals surface area contributed by atoms with E-state index in [4.69, 9.17) is 19.2 Å². The number of hydrogen-bond donors (Lipinski definition) is 0. The van der Waals surface area contributed by atoms with Crippen LogP contribution >= 0.6 is 0 Å². The van der Waals surface area contributed by atoms with E-state index >= 15 is 0 Å². The summed E-state index contributed by atoms with van der Waals surface area (Å²) in [6.07, 6.45) is 0. The molecule has 0 atom stereocenters. The topological polar surface area (TPSA) is 45.5 Å². The van der Waals surface area contributed by atoms with E-state index in [0.717, 1.165) is 62.0 Å². The van der Waals surface area contributed by atoms with Gasteiger partial charge in [-0.15, -0.1) is 0 Å². The molecule has 0 aliphatic rings. The minimum absolute atomic E-state index is 0.367. The Labute approximate surface area is 262 Å². The molecule has 0 spiro atoms. The first-order chi connectivity index (χ1) is 22.3. The summed E-state index contributed by atoms with van der Waals surface area (Å²) in [6, 6.07) is 52.9. The molecule has 0 amide bonds. The van der Waals surface area contributed by atoms with Crippen LogP contribution in [0.25, 0.3) is 28.1 Å². The molecule has 0 fully saturated rings. The van der Waals surface area contributed by atoms with Gasteiger partial charge >= 0.3 is 0 Å². The Bertz CT molecular complexity index is 1930. The number of aromatic nitrogens is 2. The first kappa shape index (κ1) is 28.0. The summed E-state index contributed by atoms with van der Waals surface area (Å²) in [5.74, 6) is 3.12. The first-order valence-corrected chi connectivity index (χ1v) is 15.0. The fourth-order valence-corrected chi connectivity index (χ4v) is 5.29. The van der Waals surface area contributed by atoms with Gasteiger partial charge < -0.3 is 14.2 Å². The van der Waals surface area contributed by atoms with Crippen molar-refractivity contribution in [2.75, 3.05) is 0 Å². The number of rotatable bonds is 11. The van der Waals surface area contributed by atoms with Crippen LogP contribution in [0.4, 0.5) is 0 Å². The maximum absolute atomic E-state index is 6.25. The van der Waals surface area contributed by atoms with Gasteiger partial charge in [-0.3, -0.25) is 4.57 Å². The molecule has 7 aromatic rings. The SMILES string of the molecule is c1ccc(COc2cc(COc3ccc(-c4nc5ccccc5n4-c4ccccc4)cc3)cc(OCc3ccccc3)c2)cc1. The fourth-order valence-electron chi connectivity index (χ4n) is 5.29. The highest BCUT2D eigenvalue weighted by atomic mass is 16.5. The van der Waals surface area contributed by atoms with Crippen LogP contribution in [0.3, 0.4) is 0 Å². The lowest BCUT2D eigenvalue weighted by Gasteiger charge is -2.14. The van der Waals surface area contributed by atoms with Crippen molar-refractivity contribution >= 4 is 11.0 Å². The Morgan fingerprint density at radius 1 is 0.444 bits per heavy atom. The summed E-state index contributed by atoms with van der Waals surface area (Å²) >= 11 is 0. The molecule has 0 aliphatic heterocycles. The molecule has 0 N–H and O–H groups in total. The van der Waals surface area contributed by atoms with Gasteiger partial charge in [0.15, 0.2) is 0 Å². The van der Waals surface area contributed by atoms with Crippen molar-refractivity contribution in [2.45, 2.75) is 19.8 Å². The van der Waals surface area contributed by atoms with E-state index in [-0.39, 0.29) is 0 Å². The lowest BCUT2D eigenvalue weighted by atomic mass is 10.2. The third-order valence-corrected chi connectivity index (χ3v) is 7.53. The van der Waals surface area contributed by atoms with Crippen molar-refractivity contribution in [3.63, 3.8) is 0 Å². The zero-order valence-electron chi connectivity index (χ0n) is 24.8. The maximum atomic E-state index is 6.25. The summed E-state index contributed by atoms with van der Waals surface area (Å²) < 4.78 is 20.8. The molecule has 0 unspecified atom stereocenters. The fraction of sp³-hybridized carbons (Fsp3) is 0.0750. The molecule has 5 heteroatoms. The Kier molecular flexibility index (Phi) is 8.23. The molecule has 1 heterocycles. The van der Waals surface area contributed by atoms with Crippen molar-refractivity contribution in [1.29, 1.82) is 0 Å². The summed E-state index contributed by atoms with van der Waals surface area (Å²) in [6.45, 7) is 1.31. The molecule has 5 nitrogen and oxygen atoms in total. The van der Waals surface area contributed by atoms with Gasteiger partial charge in [0.2, 0.25) is 0 Å². The van der Waals surface area contributed by atoms with Crippen molar-refractivity contribution in [2.24, 2.45) is 0 Å². The van der Waals surface area contributed by atoms with E-state index in [2.05, 4.69) is 59.2 Å². The minimum Gasteiger partial charge on any atom is -0.489 e. The zero-order valence-corrected chi connectivity index (χ0v) is 24.8. The van der Waals surface area contributed by atoms with Crippen LogP contribution < -0.4 is 14.2 Å². The highest BCUT2D eigenvalue weighted by Crippen LogP contribution is 2.30. The van der Waals surface area contributed by atoms with Crippen LogP contribution in [0.1, 0.15) is 16.7 Å². The molecule has 0 aliphatic carbocycles. The second-order valence-electron chi connectivity index (χ2n) is 10.8. The first-order valence-electron chi connectivity index (χ1n) is 15.0. The van der Waals surface area contributed by atoms with Gasteiger partial charge in [0.05, 0.1) is 11.0 Å². The summed E-state index contributed by atoms with van der Waals surface area (Å²) in [5, 5.41) is 0. The Hall–Kier alpha value is -5.81. The average molecular weight is 589 g/mol. The average Bonchev–Trinajstić information content (AvgIpc) is 3.50. The third kappa shape index (κ3) is 6.73. The van der Waals surface area contributed by atoms with Crippen molar-refractivity contribution in [3.8, 4) is 34.3 Å². The van der Waals surface area contributed by atoms with Gasteiger partial charge in [0.1, 0.15) is 42.9 Å². The van der Waals surface area contributed by atoms with E-state index in [1.807, 2.05) is 103 Å². The monoisotopic (exact) mass is 588 g/mol. The highest BCUT2D eigenvalue weighted by molar-refractivity contribution is 5.83. The second-order valence-corrected chi connectivity index (χ2v) is 10.8. The Balaban J connectivity index is 1.10. The van der Waals surface area contributed by atoms with Crippen LogP contribution in [0.2, 0.25) is 0 Å². The number of nitrogens with zero attached hydrogens (tertiary/aromatic N) is 2. The maximum Gasteiger partial charge on any atom is 0.145 e. The number of benzene rings is 6. The van der Waals surface area contributed by atoms with E-state index in [1.165, 1.54) is 0 Å². The van der Waals surface area contributed by atoms with Gasteiger partial charge in [0.25, 0.3) is 0 Å². The number of para-hydroxylation sites is 3. The Morgan fingerprint density at radius 3 is 1.58 bits per heavy atom. The molecule has 0 saturated carbocycles. The van der Waals surface area contributed by atoms with Crippen molar-refractivity contribution < 1.29 is 14.2 Å². The van der Waals surface area contributed by atoms with Gasteiger partial charge in [0, 0.05) is 17.3 Å². The molecule has 1 aromatic heterocycles. The standard InChI is InChI=1S/C40H32N2O3/c1-4-12-30(13-5-1)27-44-36-24-32(25-37(26-36)45-28-31-14-6-2-7-15-31)29-43-35-22-20-33(21-23-35)40-41-38-18-10-11-19-39(38)42(40)34-16-8-3-9-17-34/h1-26H,27-29H2. The highest BCUT2D eigenvalue weighted by Gasteiger charge is 2.14. The van der Waals surface area contributed by atoms with E-state index in [0.29, 0.717) is 19.8 Å². The largest absolute Gasteiger partial charge is 0.489 e. The lowest BCUT2D eigenvalue weighted by Crippen LogP contribution is -2.01. The quantitative estimate of drug-likeness (QED) is 0.151. The van der Waals surface area contributed by atoms with Crippen LogP contribution in [0, 0.1) is 0 Å². The number of fused-ring (bicyclic) bond motifs is 1. The van der Waals surface area contributed by atoms with E-state index < -0.39 is 0 Å². The molecule has 0 radical (unpaired) electrons. The molecule has 220 valence electrons. The molecule has 6 aromatic carbocycles. The van der Waals surface area contributed by atoms with Gasteiger partial charge in [-0.25, -0.2) is 4.98 Å². The van der Waals surface area contributed by atoms with E-state index in [1.54, 1.807) is 0 Å². The molecular formula is C40H32N2O3. The second kappa shape index (κ2) is 13.2. The third-order valence-electron chi connectivity index (χ3n) is 7.53. The smallest absolute Gasteiger partial charge is 0.145 e. The summed E-state index contributed by atoms with van der Waals surface area (Å²) in [7, 11) is 0. The summed E-state index contributed by atoms with van der Waals surface area (Å²) in [5.41, 5.74) is 7.27. The zero-order chi connectivity index (χ0) is 30.3.